The second-order valence-electron chi connectivity index (χ2n) is 4.82. The molecule has 0 spiro atoms. The fourth-order valence-electron chi connectivity index (χ4n) is 2.57. The maximum atomic E-state index is 5.91. The van der Waals surface area contributed by atoms with Crippen molar-refractivity contribution in [1.82, 2.24) is 14.7 Å². The second kappa shape index (κ2) is 4.37. The molecule has 1 fully saturated rings. The van der Waals surface area contributed by atoms with Crippen LogP contribution in [0.5, 0.6) is 0 Å². The summed E-state index contributed by atoms with van der Waals surface area (Å²) in [6, 6.07) is 3.86. The normalized spacial score (nSPS) is 17.6. The summed E-state index contributed by atoms with van der Waals surface area (Å²) < 4.78 is 2.02. The van der Waals surface area contributed by atoms with Crippen LogP contribution in [-0.4, -0.2) is 22.5 Å². The van der Waals surface area contributed by atoms with Crippen molar-refractivity contribution in [2.75, 3.05) is 18.8 Å². The van der Waals surface area contributed by atoms with Gasteiger partial charge in [-0.1, -0.05) is 0 Å². The third kappa shape index (κ3) is 2.13. The Labute approximate surface area is 101 Å². The third-order valence-corrected chi connectivity index (χ3v) is 3.52. The largest absolute Gasteiger partial charge is 0.396 e. The van der Waals surface area contributed by atoms with Crippen LogP contribution >= 0.6 is 0 Å². The van der Waals surface area contributed by atoms with Crippen LogP contribution in [0, 0.1) is 5.92 Å². The molecule has 0 saturated carbocycles. The number of aromatic nitrogens is 2. The van der Waals surface area contributed by atoms with Gasteiger partial charge in [0, 0.05) is 12.4 Å². The van der Waals surface area contributed by atoms with Crippen molar-refractivity contribution in [2.24, 2.45) is 5.92 Å². The van der Waals surface area contributed by atoms with Crippen LogP contribution < -0.4 is 11.1 Å². The first-order chi connectivity index (χ1) is 8.33. The molecule has 4 heteroatoms. The van der Waals surface area contributed by atoms with Gasteiger partial charge in [0.2, 0.25) is 0 Å². The molecular formula is C13H18N4. The summed E-state index contributed by atoms with van der Waals surface area (Å²) in [6.45, 7) is 2.28. The van der Waals surface area contributed by atoms with Gasteiger partial charge < -0.3 is 15.5 Å². The van der Waals surface area contributed by atoms with Crippen molar-refractivity contribution in [2.45, 2.75) is 19.3 Å². The Morgan fingerprint density at radius 3 is 3.00 bits per heavy atom. The molecule has 0 unspecified atom stereocenters. The van der Waals surface area contributed by atoms with Gasteiger partial charge in [-0.15, -0.1) is 0 Å². The van der Waals surface area contributed by atoms with Crippen molar-refractivity contribution >= 4 is 11.3 Å². The third-order valence-electron chi connectivity index (χ3n) is 3.52. The summed E-state index contributed by atoms with van der Waals surface area (Å²) in [5.41, 5.74) is 8.71. The highest BCUT2D eigenvalue weighted by Crippen LogP contribution is 2.19. The summed E-state index contributed by atoms with van der Waals surface area (Å²) in [4.78, 5) is 4.62. The van der Waals surface area contributed by atoms with Gasteiger partial charge in [0.1, 0.15) is 0 Å². The van der Waals surface area contributed by atoms with Crippen molar-refractivity contribution in [1.29, 1.82) is 0 Å². The van der Waals surface area contributed by atoms with E-state index in [0.717, 1.165) is 42.5 Å². The van der Waals surface area contributed by atoms with E-state index in [1.807, 2.05) is 22.7 Å². The lowest BCUT2D eigenvalue weighted by Gasteiger charge is -2.21. The van der Waals surface area contributed by atoms with E-state index in [1.165, 1.54) is 12.8 Å². The lowest BCUT2D eigenvalue weighted by atomic mass is 9.93. The zero-order chi connectivity index (χ0) is 11.7. The van der Waals surface area contributed by atoms with E-state index in [-0.39, 0.29) is 0 Å². The average Bonchev–Trinajstić information content (AvgIpc) is 2.74. The predicted octanol–water partition coefficient (Wildman–Crippen LogP) is 1.46. The molecule has 0 aliphatic carbocycles. The Hall–Kier alpha value is -1.55. The van der Waals surface area contributed by atoms with Crippen LogP contribution in [0.2, 0.25) is 0 Å². The highest BCUT2D eigenvalue weighted by molar-refractivity contribution is 5.64. The lowest BCUT2D eigenvalue weighted by Crippen LogP contribution is -2.28. The topological polar surface area (TPSA) is 55.4 Å². The highest BCUT2D eigenvalue weighted by atomic mass is 15.0. The van der Waals surface area contributed by atoms with Gasteiger partial charge in [-0.3, -0.25) is 0 Å². The first-order valence-electron chi connectivity index (χ1n) is 6.26. The predicted molar refractivity (Wildman–Crippen MR) is 68.9 cm³/mol. The first-order valence-corrected chi connectivity index (χ1v) is 6.26. The molecule has 0 aromatic carbocycles. The molecule has 2 aromatic heterocycles. The van der Waals surface area contributed by atoms with Crippen molar-refractivity contribution in [3.8, 4) is 0 Å². The Morgan fingerprint density at radius 1 is 1.41 bits per heavy atom. The van der Waals surface area contributed by atoms with Gasteiger partial charge >= 0.3 is 0 Å². The number of nitrogens with two attached hydrogens (primary N) is 1. The van der Waals surface area contributed by atoms with Crippen molar-refractivity contribution in [3.63, 3.8) is 0 Å². The van der Waals surface area contributed by atoms with Gasteiger partial charge in [-0.05, 0) is 50.4 Å². The number of hydrogen-bond donors (Lipinski definition) is 2. The van der Waals surface area contributed by atoms with Crippen molar-refractivity contribution in [3.05, 3.63) is 30.2 Å². The number of nitrogens with zero attached hydrogens (tertiary/aromatic N) is 2. The quantitative estimate of drug-likeness (QED) is 0.821. The molecule has 1 saturated heterocycles. The van der Waals surface area contributed by atoms with Crippen molar-refractivity contribution < 1.29 is 0 Å². The summed E-state index contributed by atoms with van der Waals surface area (Å²) in [6.07, 6.45) is 7.69. The zero-order valence-electron chi connectivity index (χ0n) is 9.89. The molecule has 0 atom stereocenters. The van der Waals surface area contributed by atoms with Gasteiger partial charge in [0.05, 0.1) is 11.4 Å². The van der Waals surface area contributed by atoms with E-state index in [4.69, 9.17) is 5.73 Å². The van der Waals surface area contributed by atoms with Crippen LogP contribution in [0.15, 0.2) is 24.5 Å². The summed E-state index contributed by atoms with van der Waals surface area (Å²) in [7, 11) is 0. The molecule has 4 nitrogen and oxygen atoms in total. The number of piperidine rings is 1. The molecule has 2 aromatic rings. The van der Waals surface area contributed by atoms with Gasteiger partial charge in [-0.25, -0.2) is 4.98 Å². The Kier molecular flexibility index (Phi) is 2.73. The minimum absolute atomic E-state index is 0.754. The fraction of sp³-hybridized carbons (Fsp3) is 0.462. The molecule has 1 aliphatic heterocycles. The fourth-order valence-corrected chi connectivity index (χ4v) is 2.57. The zero-order valence-corrected chi connectivity index (χ0v) is 9.89. The molecule has 3 N–H and O–H groups in total. The maximum Gasteiger partial charge on any atom is 0.160 e. The maximum absolute atomic E-state index is 5.91. The first kappa shape index (κ1) is 10.6. The standard InChI is InChI=1S/C13H18N4/c14-12-2-1-7-17-9-11(16-13(12)17)8-10-3-5-15-6-4-10/h1-2,7,9-10,15H,3-6,8,14H2. The minimum atomic E-state index is 0.754. The number of rotatable bonds is 2. The summed E-state index contributed by atoms with van der Waals surface area (Å²) in [5.74, 6) is 0.766. The molecule has 0 radical (unpaired) electrons. The molecule has 90 valence electrons. The molecule has 17 heavy (non-hydrogen) atoms. The van der Waals surface area contributed by atoms with E-state index in [1.54, 1.807) is 0 Å². The number of nitrogens with one attached hydrogen (secondary N) is 1. The van der Waals surface area contributed by atoms with Crippen LogP contribution in [0.3, 0.4) is 0 Å². The van der Waals surface area contributed by atoms with Gasteiger partial charge in [0.15, 0.2) is 5.65 Å². The van der Waals surface area contributed by atoms with E-state index < -0.39 is 0 Å². The molecule has 3 heterocycles. The Balaban J connectivity index is 1.83. The van der Waals surface area contributed by atoms with E-state index in [2.05, 4.69) is 16.5 Å². The van der Waals surface area contributed by atoms with E-state index in [0.29, 0.717) is 0 Å². The molecule has 1 aliphatic rings. The highest BCUT2D eigenvalue weighted by Gasteiger charge is 2.15. The van der Waals surface area contributed by atoms with Crippen LogP contribution in [0.1, 0.15) is 18.5 Å². The van der Waals surface area contributed by atoms with Crippen LogP contribution in [0.25, 0.3) is 5.65 Å². The van der Waals surface area contributed by atoms with E-state index in [9.17, 15) is 0 Å². The number of nitrogen functional groups attached to an aromatic ring is 1. The summed E-state index contributed by atoms with van der Waals surface area (Å²) in [5, 5.41) is 3.39. The molecular weight excluding hydrogens is 212 g/mol. The Morgan fingerprint density at radius 2 is 2.24 bits per heavy atom. The number of anilines is 1. The smallest absolute Gasteiger partial charge is 0.160 e. The second-order valence-corrected chi connectivity index (χ2v) is 4.82. The average molecular weight is 230 g/mol. The molecule has 3 rings (SSSR count). The van der Waals surface area contributed by atoms with Crippen LogP contribution in [-0.2, 0) is 6.42 Å². The van der Waals surface area contributed by atoms with Gasteiger partial charge in [-0.2, -0.15) is 0 Å². The molecule has 0 bridgehead atoms. The SMILES string of the molecule is Nc1cccn2cc(CC3CCNCC3)nc12. The number of imidazole rings is 1. The van der Waals surface area contributed by atoms with E-state index >= 15 is 0 Å². The monoisotopic (exact) mass is 230 g/mol. The number of fused-ring (bicyclic) bond motifs is 1. The number of hydrogen-bond acceptors (Lipinski definition) is 3. The number of pyridine rings is 1. The van der Waals surface area contributed by atoms with Gasteiger partial charge in [0.25, 0.3) is 0 Å². The van der Waals surface area contributed by atoms with Crippen LogP contribution in [0.4, 0.5) is 5.69 Å². The molecule has 0 amide bonds. The summed E-state index contributed by atoms with van der Waals surface area (Å²) >= 11 is 0. The lowest BCUT2D eigenvalue weighted by molar-refractivity contribution is 0.370. The minimum Gasteiger partial charge on any atom is -0.396 e. The Bertz CT molecular complexity index is 511.